The van der Waals surface area contributed by atoms with Gasteiger partial charge in [-0.2, -0.15) is 0 Å². The summed E-state index contributed by atoms with van der Waals surface area (Å²) in [5, 5.41) is 1.19. The lowest BCUT2D eigenvalue weighted by molar-refractivity contribution is 0.261. The maximum Gasteiger partial charge on any atom is 0.209 e. The average molecular weight is 289 g/mol. The number of allylic oxidation sites excluding steroid dienone is 3. The van der Waals surface area contributed by atoms with Crippen molar-refractivity contribution >= 4 is 41.0 Å². The molecule has 0 aliphatic carbocycles. The largest absolute Gasteiger partial charge is 0.462 e. The fourth-order valence-electron chi connectivity index (χ4n) is 1.29. The molecule has 0 aromatic heterocycles. The second kappa shape index (κ2) is 5.58. The van der Waals surface area contributed by atoms with Crippen molar-refractivity contribution in [2.45, 2.75) is 6.23 Å². The molecule has 0 amide bonds. The maximum absolute atomic E-state index is 6.01. The van der Waals surface area contributed by atoms with Gasteiger partial charge in [0.1, 0.15) is 0 Å². The molecule has 0 saturated heterocycles. The molecule has 0 bridgehead atoms. The fourth-order valence-corrected chi connectivity index (χ4v) is 2.20. The zero-order valence-corrected chi connectivity index (χ0v) is 10.9. The molecule has 1 aliphatic rings. The quantitative estimate of drug-likeness (QED) is 0.782. The summed E-state index contributed by atoms with van der Waals surface area (Å²) in [6.45, 7) is 0. The number of ether oxygens (including phenoxy) is 1. The number of hydrogen-bond acceptors (Lipinski definition) is 2. The van der Waals surface area contributed by atoms with Crippen LogP contribution in [0.15, 0.2) is 41.4 Å². The Balaban J connectivity index is 2.24. The Hall–Kier alpha value is -0.960. The van der Waals surface area contributed by atoms with Crippen LogP contribution in [0, 0.1) is 0 Å². The van der Waals surface area contributed by atoms with Crippen LogP contribution in [0.2, 0.25) is 15.1 Å². The summed E-state index contributed by atoms with van der Waals surface area (Å²) in [7, 11) is 0. The van der Waals surface area contributed by atoms with Crippen molar-refractivity contribution in [3.05, 3.63) is 51.5 Å². The van der Waals surface area contributed by atoms with E-state index in [1.54, 1.807) is 24.4 Å². The summed E-state index contributed by atoms with van der Waals surface area (Å²) in [4.78, 5) is 4.15. The third kappa shape index (κ3) is 3.25. The number of halogens is 3. The lowest BCUT2D eigenvalue weighted by Gasteiger charge is -2.13. The van der Waals surface area contributed by atoms with E-state index >= 15 is 0 Å². The Morgan fingerprint density at radius 3 is 2.41 bits per heavy atom. The second-order valence-electron chi connectivity index (χ2n) is 3.27. The van der Waals surface area contributed by atoms with Gasteiger partial charge < -0.3 is 4.74 Å². The van der Waals surface area contributed by atoms with Crippen molar-refractivity contribution in [3.8, 4) is 5.75 Å². The third-order valence-corrected chi connectivity index (χ3v) is 2.80. The normalized spacial score (nSPS) is 18.2. The van der Waals surface area contributed by atoms with E-state index < -0.39 is 6.23 Å². The Morgan fingerprint density at radius 2 is 1.71 bits per heavy atom. The van der Waals surface area contributed by atoms with Crippen molar-refractivity contribution < 1.29 is 4.74 Å². The number of aliphatic imine (C=N–C) groups is 1. The minimum absolute atomic E-state index is 0.364. The SMILES string of the molecule is Clc1cc(Cl)c(OC2C=CC=CC=N2)c(Cl)c1. The van der Waals surface area contributed by atoms with E-state index in [9.17, 15) is 0 Å². The molecule has 0 radical (unpaired) electrons. The average Bonchev–Trinajstić information content (AvgIpc) is 2.51. The summed E-state index contributed by atoms with van der Waals surface area (Å²) in [5.74, 6) is 0.381. The van der Waals surface area contributed by atoms with Gasteiger partial charge in [-0.3, -0.25) is 0 Å². The van der Waals surface area contributed by atoms with Crippen LogP contribution in [-0.2, 0) is 0 Å². The smallest absolute Gasteiger partial charge is 0.209 e. The minimum atomic E-state index is -0.443. The van der Waals surface area contributed by atoms with E-state index in [2.05, 4.69) is 4.99 Å². The summed E-state index contributed by atoms with van der Waals surface area (Å²) < 4.78 is 5.60. The van der Waals surface area contributed by atoms with Gasteiger partial charge in [0.2, 0.25) is 6.23 Å². The highest BCUT2D eigenvalue weighted by Crippen LogP contribution is 2.36. The van der Waals surface area contributed by atoms with Crippen LogP contribution < -0.4 is 4.74 Å². The van der Waals surface area contributed by atoms with E-state index in [-0.39, 0.29) is 0 Å². The predicted octanol–water partition coefficient (Wildman–Crippen LogP) is 4.55. The second-order valence-corrected chi connectivity index (χ2v) is 4.53. The lowest BCUT2D eigenvalue weighted by atomic mass is 10.3. The van der Waals surface area contributed by atoms with Crippen LogP contribution in [0.3, 0.4) is 0 Å². The first-order valence-electron chi connectivity index (χ1n) is 4.84. The first kappa shape index (κ1) is 12.5. The number of rotatable bonds is 2. The van der Waals surface area contributed by atoms with Crippen LogP contribution in [0.4, 0.5) is 0 Å². The molecular weight excluding hydrogens is 280 g/mol. The molecule has 5 heteroatoms. The van der Waals surface area contributed by atoms with Crippen LogP contribution >= 0.6 is 34.8 Å². The zero-order valence-electron chi connectivity index (χ0n) is 8.61. The van der Waals surface area contributed by atoms with Gasteiger partial charge in [-0.05, 0) is 24.3 Å². The summed E-state index contributed by atoms with van der Waals surface area (Å²) in [6.07, 6.45) is 8.52. The highest BCUT2D eigenvalue weighted by Gasteiger charge is 2.13. The molecule has 2 nitrogen and oxygen atoms in total. The molecule has 1 aliphatic heterocycles. The minimum Gasteiger partial charge on any atom is -0.462 e. The van der Waals surface area contributed by atoms with E-state index in [4.69, 9.17) is 39.5 Å². The molecule has 88 valence electrons. The molecular formula is C12H8Cl3NO. The van der Waals surface area contributed by atoms with E-state index in [0.29, 0.717) is 20.8 Å². The van der Waals surface area contributed by atoms with E-state index in [1.807, 2.05) is 18.2 Å². The predicted molar refractivity (Wildman–Crippen MR) is 72.7 cm³/mol. The summed E-state index contributed by atoms with van der Waals surface area (Å²) >= 11 is 17.8. The van der Waals surface area contributed by atoms with Gasteiger partial charge in [0, 0.05) is 11.2 Å². The first-order valence-corrected chi connectivity index (χ1v) is 5.98. The molecule has 0 N–H and O–H groups in total. The highest BCUT2D eigenvalue weighted by molar-refractivity contribution is 6.40. The van der Waals surface area contributed by atoms with Crippen molar-refractivity contribution in [2.24, 2.45) is 4.99 Å². The maximum atomic E-state index is 6.01. The van der Waals surface area contributed by atoms with Crippen molar-refractivity contribution in [1.29, 1.82) is 0 Å². The number of hydrogen-bond donors (Lipinski definition) is 0. The van der Waals surface area contributed by atoms with Crippen LogP contribution in [0.1, 0.15) is 0 Å². The molecule has 0 fully saturated rings. The van der Waals surface area contributed by atoms with Crippen LogP contribution in [0.25, 0.3) is 0 Å². The van der Waals surface area contributed by atoms with E-state index in [0.717, 1.165) is 0 Å². The first-order chi connectivity index (χ1) is 8.16. The summed E-state index contributed by atoms with van der Waals surface area (Å²) in [6, 6.07) is 3.15. The Kier molecular flexibility index (Phi) is 4.11. The molecule has 0 saturated carbocycles. The van der Waals surface area contributed by atoms with E-state index in [1.165, 1.54) is 0 Å². The molecule has 1 aromatic carbocycles. The number of nitrogens with zero attached hydrogens (tertiary/aromatic N) is 1. The van der Waals surface area contributed by atoms with Crippen LogP contribution in [-0.4, -0.2) is 12.4 Å². The van der Waals surface area contributed by atoms with Crippen LogP contribution in [0.5, 0.6) is 5.75 Å². The summed E-state index contributed by atoms with van der Waals surface area (Å²) in [5.41, 5.74) is 0. The topological polar surface area (TPSA) is 21.6 Å². The monoisotopic (exact) mass is 287 g/mol. The Labute approximate surface area is 114 Å². The number of benzene rings is 1. The van der Waals surface area contributed by atoms with Gasteiger partial charge in [-0.15, -0.1) is 0 Å². The van der Waals surface area contributed by atoms with Crippen molar-refractivity contribution in [2.75, 3.05) is 0 Å². The lowest BCUT2D eigenvalue weighted by Crippen LogP contribution is -2.10. The molecule has 1 atom stereocenters. The molecule has 0 spiro atoms. The molecule has 1 heterocycles. The van der Waals surface area contributed by atoms with Crippen molar-refractivity contribution in [3.63, 3.8) is 0 Å². The van der Waals surface area contributed by atoms with Crippen molar-refractivity contribution in [1.82, 2.24) is 0 Å². The van der Waals surface area contributed by atoms with Gasteiger partial charge in [-0.25, -0.2) is 4.99 Å². The standard InChI is InChI=1S/C12H8Cl3NO/c13-8-6-9(14)12(10(15)7-8)17-11-4-2-1-3-5-16-11/h1-7,11H. The van der Waals surface area contributed by atoms with Gasteiger partial charge in [0.15, 0.2) is 5.75 Å². The van der Waals surface area contributed by atoms with Gasteiger partial charge in [0.05, 0.1) is 10.0 Å². The molecule has 1 aromatic rings. The molecule has 17 heavy (non-hydrogen) atoms. The highest BCUT2D eigenvalue weighted by atomic mass is 35.5. The Morgan fingerprint density at radius 1 is 1.00 bits per heavy atom. The molecule has 2 rings (SSSR count). The Bertz CT molecular complexity index is 469. The van der Waals surface area contributed by atoms with Gasteiger partial charge >= 0.3 is 0 Å². The third-order valence-electron chi connectivity index (χ3n) is 2.02. The molecule has 1 unspecified atom stereocenters. The zero-order chi connectivity index (χ0) is 12.3. The van der Waals surface area contributed by atoms with Gasteiger partial charge in [0.25, 0.3) is 0 Å². The fraction of sp³-hybridized carbons (Fsp3) is 0.0833. The van der Waals surface area contributed by atoms with Gasteiger partial charge in [-0.1, -0.05) is 47.0 Å².